The number of aliphatic carboxylic acids is 1. The first-order valence-electron chi connectivity index (χ1n) is 5.75. The Balaban J connectivity index is 2.57. The van der Waals surface area contributed by atoms with Gasteiger partial charge in [-0.05, 0) is 6.42 Å². The maximum absolute atomic E-state index is 11.6. The topological polar surface area (TPSA) is 110 Å². The summed E-state index contributed by atoms with van der Waals surface area (Å²) in [5.74, 6) is -1.99. The highest BCUT2D eigenvalue weighted by Crippen LogP contribution is 2.25. The minimum atomic E-state index is -1.05. The van der Waals surface area contributed by atoms with E-state index in [0.717, 1.165) is 11.8 Å². The highest BCUT2D eigenvalue weighted by Gasteiger charge is 2.36. The number of rotatable bonds is 5. The zero-order chi connectivity index (χ0) is 14.4. The summed E-state index contributed by atoms with van der Waals surface area (Å²) in [6.45, 7) is 1.47. The van der Waals surface area contributed by atoms with E-state index in [0.29, 0.717) is 6.42 Å². The van der Waals surface area contributed by atoms with Crippen molar-refractivity contribution in [2.45, 2.75) is 37.5 Å². The number of amides is 1. The Kier molecular flexibility index (Phi) is 5.81. The lowest BCUT2D eigenvalue weighted by atomic mass is 10.1. The third kappa shape index (κ3) is 5.29. The molecule has 2 N–H and O–H groups in total. The molecule has 1 aliphatic rings. The van der Waals surface area contributed by atoms with Crippen molar-refractivity contribution in [2.75, 3.05) is 6.61 Å². The van der Waals surface area contributed by atoms with Crippen molar-refractivity contribution in [1.82, 2.24) is 5.32 Å². The average molecular weight is 289 g/mol. The van der Waals surface area contributed by atoms with Crippen LogP contribution in [0.25, 0.3) is 0 Å². The molecule has 0 aromatic rings. The van der Waals surface area contributed by atoms with E-state index in [1.807, 2.05) is 0 Å². The van der Waals surface area contributed by atoms with Crippen LogP contribution >= 0.6 is 11.8 Å². The fourth-order valence-electron chi connectivity index (χ4n) is 1.62. The zero-order valence-electron chi connectivity index (χ0n) is 10.4. The Hall–Kier alpha value is -1.57. The quantitative estimate of drug-likeness (QED) is 0.682. The molecule has 1 aliphatic heterocycles. The van der Waals surface area contributed by atoms with Crippen molar-refractivity contribution in [1.29, 1.82) is 0 Å². The average Bonchev–Trinajstić information content (AvgIpc) is 2.30. The van der Waals surface area contributed by atoms with Gasteiger partial charge in [0.1, 0.15) is 6.04 Å². The number of thioether (sulfide) groups is 1. The molecule has 0 aliphatic carbocycles. The smallest absolute Gasteiger partial charge is 0.329 e. The lowest BCUT2D eigenvalue weighted by Crippen LogP contribution is -2.51. The van der Waals surface area contributed by atoms with Gasteiger partial charge in [-0.1, -0.05) is 11.8 Å². The van der Waals surface area contributed by atoms with Gasteiger partial charge in [0.25, 0.3) is 0 Å². The van der Waals surface area contributed by atoms with Crippen molar-refractivity contribution >= 4 is 34.7 Å². The lowest BCUT2D eigenvalue weighted by Gasteiger charge is -2.29. The van der Waals surface area contributed by atoms with Crippen molar-refractivity contribution in [3.8, 4) is 0 Å². The van der Waals surface area contributed by atoms with E-state index in [9.17, 15) is 19.2 Å². The molecule has 2 unspecified atom stereocenters. The molecule has 0 aromatic carbocycles. The van der Waals surface area contributed by atoms with Crippen LogP contribution in [-0.4, -0.2) is 46.0 Å². The van der Waals surface area contributed by atoms with Crippen LogP contribution in [0.4, 0.5) is 0 Å². The van der Waals surface area contributed by atoms with Crippen LogP contribution in [-0.2, 0) is 23.9 Å². The minimum absolute atomic E-state index is 0.0989. The van der Waals surface area contributed by atoms with E-state index in [2.05, 4.69) is 5.32 Å². The lowest BCUT2D eigenvalue weighted by molar-refractivity contribution is -0.151. The number of cyclic esters (lactones) is 1. The molecular formula is C11H15NO6S. The van der Waals surface area contributed by atoms with Crippen LogP contribution in [0.2, 0.25) is 0 Å². The van der Waals surface area contributed by atoms with Gasteiger partial charge in [0.2, 0.25) is 5.91 Å². The minimum Gasteiger partial charge on any atom is -0.481 e. The SMILES string of the molecule is CC(=O)NC1C(=O)OCCC1SC(=O)CCC(=O)O. The Bertz CT molecular complexity index is 397. The van der Waals surface area contributed by atoms with E-state index in [4.69, 9.17) is 9.84 Å². The van der Waals surface area contributed by atoms with Gasteiger partial charge in [-0.2, -0.15) is 0 Å². The van der Waals surface area contributed by atoms with Crippen LogP contribution < -0.4 is 5.32 Å². The standard InChI is InChI=1S/C11H15NO6S/c1-6(13)12-10-7(4-5-18-11(10)17)19-9(16)3-2-8(14)15/h7,10H,2-5H2,1H3,(H,12,13)(H,14,15). The summed E-state index contributed by atoms with van der Waals surface area (Å²) in [5, 5.41) is 10.2. The van der Waals surface area contributed by atoms with Crippen molar-refractivity contribution in [2.24, 2.45) is 0 Å². The fraction of sp³-hybridized carbons (Fsp3) is 0.636. The maximum atomic E-state index is 11.6. The first-order valence-corrected chi connectivity index (χ1v) is 6.63. The van der Waals surface area contributed by atoms with Crippen molar-refractivity contribution in [3.63, 3.8) is 0 Å². The molecule has 106 valence electrons. The number of nitrogens with one attached hydrogen (secondary N) is 1. The first kappa shape index (κ1) is 15.5. The second kappa shape index (κ2) is 7.13. The van der Waals surface area contributed by atoms with Crippen LogP contribution in [0.3, 0.4) is 0 Å². The molecule has 0 spiro atoms. The molecular weight excluding hydrogens is 274 g/mol. The van der Waals surface area contributed by atoms with Crippen molar-refractivity contribution in [3.05, 3.63) is 0 Å². The number of carbonyl (C=O) groups excluding carboxylic acids is 3. The summed E-state index contributed by atoms with van der Waals surface area (Å²) >= 11 is 0.899. The Labute approximate surface area is 114 Å². The van der Waals surface area contributed by atoms with Crippen LogP contribution in [0.5, 0.6) is 0 Å². The first-order chi connectivity index (χ1) is 8.90. The Morgan fingerprint density at radius 2 is 2.11 bits per heavy atom. The van der Waals surface area contributed by atoms with Gasteiger partial charge in [0, 0.05) is 18.6 Å². The highest BCUT2D eigenvalue weighted by molar-refractivity contribution is 8.14. The highest BCUT2D eigenvalue weighted by atomic mass is 32.2. The molecule has 0 aromatic heterocycles. The molecule has 1 fully saturated rings. The molecule has 19 heavy (non-hydrogen) atoms. The van der Waals surface area contributed by atoms with Gasteiger partial charge in [-0.25, -0.2) is 4.79 Å². The molecule has 8 heteroatoms. The molecule has 1 saturated heterocycles. The number of ether oxygens (including phenoxy) is 1. The second-order valence-corrected chi connectivity index (χ2v) is 5.35. The summed E-state index contributed by atoms with van der Waals surface area (Å²) in [5.41, 5.74) is 0. The predicted molar refractivity (Wildman–Crippen MR) is 66.4 cm³/mol. The second-order valence-electron chi connectivity index (χ2n) is 4.06. The van der Waals surface area contributed by atoms with E-state index in [-0.39, 0.29) is 30.5 Å². The van der Waals surface area contributed by atoms with Gasteiger partial charge in [-0.15, -0.1) is 0 Å². The summed E-state index contributed by atoms with van der Waals surface area (Å²) in [7, 11) is 0. The zero-order valence-corrected chi connectivity index (χ0v) is 11.2. The van der Waals surface area contributed by atoms with Gasteiger partial charge in [0.15, 0.2) is 5.12 Å². The molecule has 1 amide bonds. The van der Waals surface area contributed by atoms with Crippen LogP contribution in [0.15, 0.2) is 0 Å². The maximum Gasteiger partial charge on any atom is 0.329 e. The van der Waals surface area contributed by atoms with E-state index < -0.39 is 23.2 Å². The largest absolute Gasteiger partial charge is 0.481 e. The van der Waals surface area contributed by atoms with E-state index >= 15 is 0 Å². The van der Waals surface area contributed by atoms with Gasteiger partial charge in [0.05, 0.1) is 13.0 Å². The molecule has 2 atom stereocenters. The summed E-state index contributed by atoms with van der Waals surface area (Å²) in [4.78, 5) is 44.5. The Morgan fingerprint density at radius 1 is 1.42 bits per heavy atom. The molecule has 1 rings (SSSR count). The number of carbonyl (C=O) groups is 4. The number of carboxylic acids is 1. The van der Waals surface area contributed by atoms with Crippen LogP contribution in [0, 0.1) is 0 Å². The third-order valence-corrected chi connectivity index (χ3v) is 3.73. The van der Waals surface area contributed by atoms with Gasteiger partial charge < -0.3 is 15.2 Å². The van der Waals surface area contributed by atoms with Gasteiger partial charge >= 0.3 is 11.9 Å². The number of hydrogen-bond donors (Lipinski definition) is 2. The summed E-state index contributed by atoms with van der Waals surface area (Å²) in [6, 6.07) is -0.856. The predicted octanol–water partition coefficient (Wildman–Crippen LogP) is -0.0688. The summed E-state index contributed by atoms with van der Waals surface area (Å²) < 4.78 is 4.83. The normalized spacial score (nSPS) is 22.5. The van der Waals surface area contributed by atoms with E-state index in [1.165, 1.54) is 6.92 Å². The van der Waals surface area contributed by atoms with Gasteiger partial charge in [-0.3, -0.25) is 14.4 Å². The molecule has 7 nitrogen and oxygen atoms in total. The molecule has 0 bridgehead atoms. The summed E-state index contributed by atoms with van der Waals surface area (Å²) in [6.07, 6.45) is 0.103. The Morgan fingerprint density at radius 3 is 2.68 bits per heavy atom. The number of hydrogen-bond acceptors (Lipinski definition) is 6. The number of carboxylic acid groups (broad SMARTS) is 1. The number of esters is 1. The molecule has 1 heterocycles. The monoisotopic (exact) mass is 289 g/mol. The third-order valence-electron chi connectivity index (χ3n) is 2.46. The molecule has 0 radical (unpaired) electrons. The molecule has 0 saturated carbocycles. The fourth-order valence-corrected chi connectivity index (χ4v) is 2.71. The van der Waals surface area contributed by atoms with Crippen LogP contribution in [0.1, 0.15) is 26.2 Å². The van der Waals surface area contributed by atoms with E-state index in [1.54, 1.807) is 0 Å². The van der Waals surface area contributed by atoms with Crippen molar-refractivity contribution < 1.29 is 29.0 Å².